The highest BCUT2D eigenvalue weighted by Gasteiger charge is 2.09. The lowest BCUT2D eigenvalue weighted by atomic mass is 10.3. The Morgan fingerprint density at radius 1 is 1.41 bits per heavy atom. The number of pyridine rings is 1. The maximum Gasteiger partial charge on any atom is 0.149 e. The summed E-state index contributed by atoms with van der Waals surface area (Å²) >= 11 is 7.60. The summed E-state index contributed by atoms with van der Waals surface area (Å²) in [6.45, 7) is 4.93. The van der Waals surface area contributed by atoms with Gasteiger partial charge in [0.25, 0.3) is 0 Å². The van der Waals surface area contributed by atoms with Crippen molar-refractivity contribution in [3.05, 3.63) is 28.5 Å². The molecule has 0 saturated heterocycles. The van der Waals surface area contributed by atoms with Gasteiger partial charge in [-0.2, -0.15) is 0 Å². The highest BCUT2D eigenvalue weighted by Crippen LogP contribution is 2.29. The van der Waals surface area contributed by atoms with Crippen LogP contribution in [0.4, 0.5) is 0 Å². The molecular formula is C11H13ClN4S. The van der Waals surface area contributed by atoms with E-state index in [0.29, 0.717) is 11.1 Å². The van der Waals surface area contributed by atoms with Gasteiger partial charge < -0.3 is 5.32 Å². The summed E-state index contributed by atoms with van der Waals surface area (Å²) in [4.78, 5) is 3.95. The molecule has 1 N–H and O–H groups in total. The van der Waals surface area contributed by atoms with Crippen molar-refractivity contribution in [1.82, 2.24) is 20.5 Å². The van der Waals surface area contributed by atoms with Gasteiger partial charge in [0.1, 0.15) is 10.0 Å². The van der Waals surface area contributed by atoms with E-state index in [1.54, 1.807) is 23.7 Å². The zero-order valence-corrected chi connectivity index (χ0v) is 11.2. The van der Waals surface area contributed by atoms with Gasteiger partial charge in [-0.1, -0.05) is 36.8 Å². The standard InChI is InChI=1S/C11H13ClN4S/c1-7(2)14-6-10-15-16-11(17-10)8-3-4-13-5-9(8)12/h3-5,7,14H,6H2,1-2H3. The van der Waals surface area contributed by atoms with Crippen LogP contribution in [0.3, 0.4) is 0 Å². The summed E-state index contributed by atoms with van der Waals surface area (Å²) < 4.78 is 0. The molecule has 0 unspecified atom stereocenters. The molecule has 0 aliphatic heterocycles. The van der Waals surface area contributed by atoms with Crippen LogP contribution in [0.1, 0.15) is 18.9 Å². The molecule has 4 nitrogen and oxygen atoms in total. The van der Waals surface area contributed by atoms with Crippen LogP contribution in [-0.2, 0) is 6.54 Å². The third-order valence-corrected chi connectivity index (χ3v) is 3.39. The predicted octanol–water partition coefficient (Wildman–Crippen LogP) is 2.75. The SMILES string of the molecule is CC(C)NCc1nnc(-c2ccncc2Cl)s1. The van der Waals surface area contributed by atoms with Crippen LogP contribution in [0.2, 0.25) is 5.02 Å². The minimum atomic E-state index is 0.437. The Bertz CT molecular complexity index is 498. The van der Waals surface area contributed by atoms with Crippen molar-refractivity contribution in [3.8, 4) is 10.6 Å². The lowest BCUT2D eigenvalue weighted by Gasteiger charge is -2.03. The molecule has 0 saturated carbocycles. The normalized spacial score (nSPS) is 11.1. The number of rotatable bonds is 4. The van der Waals surface area contributed by atoms with Crippen molar-refractivity contribution in [2.24, 2.45) is 0 Å². The summed E-state index contributed by atoms with van der Waals surface area (Å²) in [5.41, 5.74) is 0.884. The van der Waals surface area contributed by atoms with Crippen LogP contribution >= 0.6 is 22.9 Å². The zero-order chi connectivity index (χ0) is 12.3. The molecule has 2 aromatic heterocycles. The number of nitrogens with one attached hydrogen (secondary N) is 1. The van der Waals surface area contributed by atoms with Crippen molar-refractivity contribution in [1.29, 1.82) is 0 Å². The quantitative estimate of drug-likeness (QED) is 0.926. The first-order valence-corrected chi connectivity index (χ1v) is 6.52. The van der Waals surface area contributed by atoms with E-state index in [2.05, 4.69) is 34.3 Å². The second-order valence-electron chi connectivity index (χ2n) is 3.89. The van der Waals surface area contributed by atoms with Gasteiger partial charge in [0, 0.05) is 30.5 Å². The summed E-state index contributed by atoms with van der Waals surface area (Å²) in [6, 6.07) is 2.29. The van der Waals surface area contributed by atoms with E-state index in [0.717, 1.165) is 22.1 Å². The summed E-state index contributed by atoms with van der Waals surface area (Å²) in [6.07, 6.45) is 3.32. The number of hydrogen-bond acceptors (Lipinski definition) is 5. The molecule has 0 bridgehead atoms. The first kappa shape index (κ1) is 12.4. The van der Waals surface area contributed by atoms with E-state index in [-0.39, 0.29) is 0 Å². The Kier molecular flexibility index (Phi) is 4.04. The minimum Gasteiger partial charge on any atom is -0.308 e. The molecule has 0 aliphatic carbocycles. The molecular weight excluding hydrogens is 256 g/mol. The fourth-order valence-electron chi connectivity index (χ4n) is 1.27. The maximum absolute atomic E-state index is 6.06. The molecule has 0 amide bonds. The van der Waals surface area contributed by atoms with Crippen molar-refractivity contribution < 1.29 is 0 Å². The van der Waals surface area contributed by atoms with Gasteiger partial charge in [0.15, 0.2) is 0 Å². The molecule has 0 atom stereocenters. The fraction of sp³-hybridized carbons (Fsp3) is 0.364. The largest absolute Gasteiger partial charge is 0.308 e. The Morgan fingerprint density at radius 3 is 2.94 bits per heavy atom. The van der Waals surface area contributed by atoms with Crippen molar-refractivity contribution in [2.75, 3.05) is 0 Å². The zero-order valence-electron chi connectivity index (χ0n) is 9.64. The van der Waals surface area contributed by atoms with Crippen LogP contribution < -0.4 is 5.32 Å². The predicted molar refractivity (Wildman–Crippen MR) is 70.1 cm³/mol. The Morgan fingerprint density at radius 2 is 2.24 bits per heavy atom. The molecule has 0 fully saturated rings. The average Bonchev–Trinajstić information content (AvgIpc) is 2.75. The highest BCUT2D eigenvalue weighted by molar-refractivity contribution is 7.14. The van der Waals surface area contributed by atoms with Gasteiger partial charge in [-0.3, -0.25) is 4.98 Å². The van der Waals surface area contributed by atoms with Gasteiger partial charge in [-0.15, -0.1) is 10.2 Å². The van der Waals surface area contributed by atoms with E-state index in [1.165, 1.54) is 0 Å². The lowest BCUT2D eigenvalue weighted by molar-refractivity contribution is 0.585. The van der Waals surface area contributed by atoms with E-state index < -0.39 is 0 Å². The monoisotopic (exact) mass is 268 g/mol. The van der Waals surface area contributed by atoms with E-state index in [9.17, 15) is 0 Å². The Labute approximate surface area is 109 Å². The molecule has 2 rings (SSSR count). The summed E-state index contributed by atoms with van der Waals surface area (Å²) in [7, 11) is 0. The van der Waals surface area contributed by atoms with Crippen LogP contribution in [0.25, 0.3) is 10.6 Å². The molecule has 2 aromatic rings. The lowest BCUT2D eigenvalue weighted by Crippen LogP contribution is -2.21. The third-order valence-electron chi connectivity index (χ3n) is 2.13. The summed E-state index contributed by atoms with van der Waals surface area (Å²) in [5.74, 6) is 0. The molecule has 17 heavy (non-hydrogen) atoms. The van der Waals surface area contributed by atoms with Gasteiger partial charge in [0.2, 0.25) is 0 Å². The summed E-state index contributed by atoms with van der Waals surface area (Å²) in [5, 5.41) is 14.0. The van der Waals surface area contributed by atoms with Crippen molar-refractivity contribution >= 4 is 22.9 Å². The van der Waals surface area contributed by atoms with Crippen molar-refractivity contribution in [2.45, 2.75) is 26.4 Å². The second-order valence-corrected chi connectivity index (χ2v) is 5.36. The first-order valence-electron chi connectivity index (χ1n) is 5.32. The average molecular weight is 269 g/mol. The Balaban J connectivity index is 2.16. The number of halogens is 1. The molecule has 2 heterocycles. The number of nitrogens with zero attached hydrogens (tertiary/aromatic N) is 3. The van der Waals surface area contributed by atoms with Crippen LogP contribution in [0.5, 0.6) is 0 Å². The van der Waals surface area contributed by atoms with E-state index >= 15 is 0 Å². The van der Waals surface area contributed by atoms with Crippen LogP contribution in [-0.4, -0.2) is 21.2 Å². The second kappa shape index (κ2) is 5.53. The third kappa shape index (κ3) is 3.21. The highest BCUT2D eigenvalue weighted by atomic mass is 35.5. The molecule has 0 radical (unpaired) electrons. The van der Waals surface area contributed by atoms with Crippen molar-refractivity contribution in [3.63, 3.8) is 0 Å². The van der Waals surface area contributed by atoms with Gasteiger partial charge in [-0.05, 0) is 6.07 Å². The number of hydrogen-bond donors (Lipinski definition) is 1. The van der Waals surface area contributed by atoms with Crippen LogP contribution in [0, 0.1) is 0 Å². The fourth-order valence-corrected chi connectivity index (χ4v) is 2.37. The van der Waals surface area contributed by atoms with Crippen LogP contribution in [0.15, 0.2) is 18.5 Å². The van der Waals surface area contributed by atoms with Gasteiger partial charge in [-0.25, -0.2) is 0 Å². The smallest absolute Gasteiger partial charge is 0.149 e. The Hall–Kier alpha value is -1.04. The molecule has 6 heteroatoms. The maximum atomic E-state index is 6.06. The molecule has 0 aliphatic rings. The first-order chi connectivity index (χ1) is 8.16. The molecule has 90 valence electrons. The minimum absolute atomic E-state index is 0.437. The molecule has 0 spiro atoms. The molecule has 0 aromatic carbocycles. The number of aromatic nitrogens is 3. The van der Waals surface area contributed by atoms with Gasteiger partial charge >= 0.3 is 0 Å². The van der Waals surface area contributed by atoms with E-state index in [4.69, 9.17) is 11.6 Å². The van der Waals surface area contributed by atoms with E-state index in [1.807, 2.05) is 6.07 Å². The van der Waals surface area contributed by atoms with Gasteiger partial charge in [0.05, 0.1) is 5.02 Å². The topological polar surface area (TPSA) is 50.7 Å².